The van der Waals surface area contributed by atoms with E-state index < -0.39 is 15.9 Å². The fraction of sp³-hybridized carbons (Fsp3) is 0.440. The van der Waals surface area contributed by atoms with E-state index in [9.17, 15) is 22.4 Å². The summed E-state index contributed by atoms with van der Waals surface area (Å²) in [5.74, 6) is -0.290. The van der Waals surface area contributed by atoms with Gasteiger partial charge in [-0.2, -0.15) is 0 Å². The first-order valence-corrected chi connectivity index (χ1v) is 13.2. The first-order valence-electron chi connectivity index (χ1n) is 11.3. The zero-order valence-electron chi connectivity index (χ0n) is 18.6. The Morgan fingerprint density at radius 3 is 2.55 bits per heavy atom. The van der Waals surface area contributed by atoms with Crippen LogP contribution in [0.1, 0.15) is 53.2 Å². The van der Waals surface area contributed by atoms with Gasteiger partial charge < -0.3 is 10.2 Å². The molecule has 3 fully saturated rings. The topological polar surface area (TPSA) is 83.6 Å². The van der Waals surface area contributed by atoms with Crippen molar-refractivity contribution in [3.8, 4) is 0 Å². The van der Waals surface area contributed by atoms with Crippen molar-refractivity contribution in [2.45, 2.75) is 55.6 Å². The van der Waals surface area contributed by atoms with Crippen molar-refractivity contribution in [3.63, 3.8) is 0 Å². The van der Waals surface area contributed by atoms with E-state index in [4.69, 9.17) is 0 Å². The van der Waals surface area contributed by atoms with Crippen LogP contribution in [0.3, 0.4) is 0 Å². The van der Waals surface area contributed by atoms with E-state index in [0.29, 0.717) is 17.9 Å². The average molecular weight is 471 g/mol. The highest BCUT2D eigenvalue weighted by Crippen LogP contribution is 2.49. The molecular formula is C25H27FN2O4S. The summed E-state index contributed by atoms with van der Waals surface area (Å²) in [6, 6.07) is 10.2. The van der Waals surface area contributed by atoms with Gasteiger partial charge in [0.15, 0.2) is 9.84 Å². The SMILES string of the molecule is Cc1ccc(C(NC(=O)[C@H]2C[C@H]3C[C@H]3N2C(=O)c2cccc(S(C)(=O)=O)c2)C2CC2)cc1F. The lowest BCUT2D eigenvalue weighted by Crippen LogP contribution is -2.49. The summed E-state index contributed by atoms with van der Waals surface area (Å²) in [5, 5.41) is 3.10. The molecule has 5 rings (SSSR count). The van der Waals surface area contributed by atoms with Gasteiger partial charge in [0.25, 0.3) is 5.91 Å². The second kappa shape index (κ2) is 7.94. The molecule has 0 radical (unpaired) electrons. The number of amides is 2. The number of halogens is 1. The average Bonchev–Trinajstić information content (AvgIpc) is 3.71. The van der Waals surface area contributed by atoms with Crippen LogP contribution in [0.15, 0.2) is 47.4 Å². The zero-order valence-corrected chi connectivity index (χ0v) is 19.4. The maximum absolute atomic E-state index is 14.2. The predicted molar refractivity (Wildman–Crippen MR) is 121 cm³/mol. The van der Waals surface area contributed by atoms with Crippen LogP contribution >= 0.6 is 0 Å². The Morgan fingerprint density at radius 1 is 1.12 bits per heavy atom. The quantitative estimate of drug-likeness (QED) is 0.701. The van der Waals surface area contributed by atoms with Gasteiger partial charge in [0.2, 0.25) is 5.91 Å². The molecule has 174 valence electrons. The fourth-order valence-corrected chi connectivity index (χ4v) is 5.61. The number of hydrogen-bond donors (Lipinski definition) is 1. The molecule has 0 aromatic heterocycles. The molecule has 0 spiro atoms. The van der Waals surface area contributed by atoms with Gasteiger partial charge in [-0.15, -0.1) is 0 Å². The number of nitrogens with one attached hydrogen (secondary N) is 1. The lowest BCUT2D eigenvalue weighted by atomic mass is 9.99. The molecule has 8 heteroatoms. The van der Waals surface area contributed by atoms with Crippen LogP contribution in [0.2, 0.25) is 0 Å². The van der Waals surface area contributed by atoms with Gasteiger partial charge in [-0.1, -0.05) is 18.2 Å². The Morgan fingerprint density at radius 2 is 1.88 bits per heavy atom. The van der Waals surface area contributed by atoms with Crippen LogP contribution in [0.4, 0.5) is 4.39 Å². The minimum Gasteiger partial charge on any atom is -0.347 e. The van der Waals surface area contributed by atoms with Gasteiger partial charge in [-0.05, 0) is 79.8 Å². The van der Waals surface area contributed by atoms with Gasteiger partial charge in [0, 0.05) is 17.9 Å². The van der Waals surface area contributed by atoms with E-state index in [1.54, 1.807) is 30.0 Å². The molecule has 0 bridgehead atoms. The first-order chi connectivity index (χ1) is 15.6. The van der Waals surface area contributed by atoms with Gasteiger partial charge in [0.05, 0.1) is 10.9 Å². The molecule has 2 aromatic carbocycles. The van der Waals surface area contributed by atoms with E-state index in [1.165, 1.54) is 18.2 Å². The van der Waals surface area contributed by atoms with Gasteiger partial charge in [-0.3, -0.25) is 9.59 Å². The standard InChI is InChI=1S/C25H27FN2O4S/c1-14-6-7-16(11-20(14)26)23(15-8-9-15)27-24(29)22-13-18-12-21(18)28(22)25(30)17-4-3-5-19(10-17)33(2,31)32/h3-7,10-11,15,18,21-23H,8-9,12-13H2,1-2H3,(H,27,29)/t18-,21-,22-,23?/m1/s1. The van der Waals surface area contributed by atoms with Crippen molar-refractivity contribution in [1.82, 2.24) is 10.2 Å². The summed E-state index contributed by atoms with van der Waals surface area (Å²) in [5.41, 5.74) is 1.57. The minimum absolute atomic E-state index is 0.00586. The summed E-state index contributed by atoms with van der Waals surface area (Å²) >= 11 is 0. The highest BCUT2D eigenvalue weighted by Gasteiger charge is 2.56. The molecule has 3 aliphatic rings. The number of hydrogen-bond acceptors (Lipinski definition) is 4. The molecule has 2 amide bonds. The normalized spacial score (nSPS) is 24.8. The van der Waals surface area contributed by atoms with Crippen molar-refractivity contribution < 1.29 is 22.4 Å². The van der Waals surface area contributed by atoms with Crippen LogP contribution in [-0.4, -0.2) is 43.5 Å². The molecule has 4 atom stereocenters. The van der Waals surface area contributed by atoms with E-state index in [1.807, 2.05) is 6.07 Å². The molecule has 2 saturated carbocycles. The number of sulfone groups is 1. The summed E-state index contributed by atoms with van der Waals surface area (Å²) in [7, 11) is -3.45. The monoisotopic (exact) mass is 470 g/mol. The van der Waals surface area contributed by atoms with Crippen molar-refractivity contribution in [3.05, 3.63) is 65.0 Å². The highest BCUT2D eigenvalue weighted by atomic mass is 32.2. The number of fused-ring (bicyclic) bond motifs is 1. The number of aryl methyl sites for hydroxylation is 1. The summed E-state index contributed by atoms with van der Waals surface area (Å²) < 4.78 is 38.0. The van der Waals surface area contributed by atoms with Gasteiger partial charge >= 0.3 is 0 Å². The van der Waals surface area contributed by atoms with E-state index in [-0.39, 0.29) is 46.1 Å². The molecular weight excluding hydrogens is 443 g/mol. The lowest BCUT2D eigenvalue weighted by Gasteiger charge is -2.29. The highest BCUT2D eigenvalue weighted by molar-refractivity contribution is 7.90. The van der Waals surface area contributed by atoms with Gasteiger partial charge in [-0.25, -0.2) is 12.8 Å². The number of piperidine rings is 1. The molecule has 1 N–H and O–H groups in total. The van der Waals surface area contributed by atoms with Crippen molar-refractivity contribution in [1.29, 1.82) is 0 Å². The molecule has 2 aromatic rings. The number of carbonyl (C=O) groups is 2. The summed E-state index contributed by atoms with van der Waals surface area (Å²) in [6.45, 7) is 1.71. The van der Waals surface area contributed by atoms with Crippen molar-refractivity contribution >= 4 is 21.7 Å². The third-order valence-corrected chi connectivity index (χ3v) is 8.21. The Labute approximate surface area is 193 Å². The molecule has 1 aliphatic heterocycles. The van der Waals surface area contributed by atoms with Gasteiger partial charge in [0.1, 0.15) is 11.9 Å². The zero-order chi connectivity index (χ0) is 23.5. The molecule has 1 unspecified atom stereocenters. The second-order valence-corrected chi connectivity index (χ2v) is 11.7. The Balaban J connectivity index is 1.38. The maximum atomic E-state index is 14.2. The van der Waals surface area contributed by atoms with Crippen molar-refractivity contribution in [2.24, 2.45) is 11.8 Å². The second-order valence-electron chi connectivity index (χ2n) is 9.66. The van der Waals surface area contributed by atoms with Crippen LogP contribution in [-0.2, 0) is 14.6 Å². The van der Waals surface area contributed by atoms with Crippen LogP contribution in [0.25, 0.3) is 0 Å². The number of benzene rings is 2. The molecule has 2 aliphatic carbocycles. The number of nitrogens with zero attached hydrogens (tertiary/aromatic N) is 1. The van der Waals surface area contributed by atoms with E-state index >= 15 is 0 Å². The van der Waals surface area contributed by atoms with Crippen LogP contribution in [0.5, 0.6) is 0 Å². The summed E-state index contributed by atoms with van der Waals surface area (Å²) in [4.78, 5) is 28.4. The smallest absolute Gasteiger partial charge is 0.254 e. The minimum atomic E-state index is -3.45. The van der Waals surface area contributed by atoms with Crippen LogP contribution < -0.4 is 5.32 Å². The third kappa shape index (κ3) is 4.28. The van der Waals surface area contributed by atoms with E-state index in [0.717, 1.165) is 31.1 Å². The molecule has 33 heavy (non-hydrogen) atoms. The largest absolute Gasteiger partial charge is 0.347 e. The van der Waals surface area contributed by atoms with Crippen LogP contribution in [0, 0.1) is 24.6 Å². The van der Waals surface area contributed by atoms with E-state index in [2.05, 4.69) is 5.32 Å². The lowest BCUT2D eigenvalue weighted by molar-refractivity contribution is -0.126. The number of carbonyl (C=O) groups excluding carboxylic acids is 2. The maximum Gasteiger partial charge on any atom is 0.254 e. The Bertz CT molecular complexity index is 1240. The first kappa shape index (κ1) is 22.1. The Kier molecular flexibility index (Phi) is 5.31. The van der Waals surface area contributed by atoms with Crippen molar-refractivity contribution in [2.75, 3.05) is 6.26 Å². The molecule has 6 nitrogen and oxygen atoms in total. The molecule has 1 saturated heterocycles. The summed E-state index contributed by atoms with van der Waals surface area (Å²) in [6.07, 6.45) is 4.49. The number of rotatable bonds is 6. The number of likely N-dealkylation sites (tertiary alicyclic amines) is 1. The molecule has 1 heterocycles. The third-order valence-electron chi connectivity index (χ3n) is 7.10. The Hall–Kier alpha value is -2.74. The predicted octanol–water partition coefficient (Wildman–Crippen LogP) is 3.41. The fourth-order valence-electron chi connectivity index (χ4n) is 4.95.